The van der Waals surface area contributed by atoms with Gasteiger partial charge in [0.25, 0.3) is 5.91 Å². The number of fused-ring (bicyclic) bond motifs is 1. The number of nitrogens with zero attached hydrogens (tertiary/aromatic N) is 2. The molecule has 0 unspecified atom stereocenters. The number of carbonyl (C=O) groups is 1. The number of sulfone groups is 1. The first-order valence-electron chi connectivity index (χ1n) is 7.68. The predicted octanol–water partition coefficient (Wildman–Crippen LogP) is 2.22. The number of hydrogen-bond donors (Lipinski definition) is 0. The van der Waals surface area contributed by atoms with E-state index in [9.17, 15) is 13.2 Å². The van der Waals surface area contributed by atoms with Crippen molar-refractivity contribution >= 4 is 21.4 Å². The number of pyridine rings is 1. The van der Waals surface area contributed by atoms with Crippen molar-refractivity contribution in [3.8, 4) is 5.88 Å². The van der Waals surface area contributed by atoms with Crippen LogP contribution >= 0.6 is 0 Å². The molecule has 7 heteroatoms. The van der Waals surface area contributed by atoms with E-state index in [4.69, 9.17) is 4.74 Å². The Morgan fingerprint density at radius 3 is 2.75 bits per heavy atom. The van der Waals surface area contributed by atoms with Gasteiger partial charge in [-0.05, 0) is 31.2 Å². The first kappa shape index (κ1) is 16.4. The summed E-state index contributed by atoms with van der Waals surface area (Å²) in [6.07, 6.45) is 0. The standard InChI is InChI=1S/C17H18N2O4S/c1-3-24(21,22)15-7-5-4-6-13(15)17(20)19-10-11-23-16-14(19)9-8-12(2)18-16/h4-9H,3,10-11H2,1-2H3. The zero-order valence-corrected chi connectivity index (χ0v) is 14.3. The number of amides is 1. The Morgan fingerprint density at radius 2 is 2.00 bits per heavy atom. The Labute approximate surface area is 141 Å². The molecule has 0 aliphatic carbocycles. The molecule has 0 spiro atoms. The maximum Gasteiger partial charge on any atom is 0.259 e. The molecule has 6 nitrogen and oxygen atoms in total. The largest absolute Gasteiger partial charge is 0.474 e. The number of anilines is 1. The van der Waals surface area contributed by atoms with Crippen LogP contribution in [0.3, 0.4) is 0 Å². The number of ether oxygens (including phenoxy) is 1. The second-order valence-electron chi connectivity index (χ2n) is 5.48. The molecule has 1 amide bonds. The summed E-state index contributed by atoms with van der Waals surface area (Å²) in [6.45, 7) is 4.07. The van der Waals surface area contributed by atoms with Crippen LogP contribution < -0.4 is 9.64 Å². The van der Waals surface area contributed by atoms with E-state index >= 15 is 0 Å². The van der Waals surface area contributed by atoms with Gasteiger partial charge < -0.3 is 9.64 Å². The summed E-state index contributed by atoms with van der Waals surface area (Å²) in [7, 11) is -3.49. The fourth-order valence-corrected chi connectivity index (χ4v) is 3.70. The van der Waals surface area contributed by atoms with E-state index in [1.807, 2.05) is 6.92 Å². The van der Waals surface area contributed by atoms with Crippen LogP contribution in [0.4, 0.5) is 5.69 Å². The molecule has 0 atom stereocenters. The monoisotopic (exact) mass is 346 g/mol. The van der Waals surface area contributed by atoms with Crippen molar-refractivity contribution in [2.24, 2.45) is 0 Å². The van der Waals surface area contributed by atoms with Gasteiger partial charge >= 0.3 is 0 Å². The van der Waals surface area contributed by atoms with Crippen LogP contribution in [-0.2, 0) is 9.84 Å². The number of benzene rings is 1. The van der Waals surface area contributed by atoms with E-state index in [1.54, 1.807) is 37.3 Å². The lowest BCUT2D eigenvalue weighted by Gasteiger charge is -2.29. The van der Waals surface area contributed by atoms with Crippen molar-refractivity contribution < 1.29 is 17.9 Å². The lowest BCUT2D eigenvalue weighted by molar-refractivity contribution is 0.0972. The normalized spacial score (nSPS) is 14.0. The molecule has 0 bridgehead atoms. The smallest absolute Gasteiger partial charge is 0.259 e. The van der Waals surface area contributed by atoms with Crippen LogP contribution in [0.5, 0.6) is 5.88 Å². The zero-order valence-electron chi connectivity index (χ0n) is 13.5. The van der Waals surface area contributed by atoms with E-state index in [2.05, 4.69) is 4.98 Å². The summed E-state index contributed by atoms with van der Waals surface area (Å²) in [5.74, 6) is -0.0270. The molecule has 0 fully saturated rings. The summed E-state index contributed by atoms with van der Waals surface area (Å²) in [5, 5.41) is 0. The van der Waals surface area contributed by atoms with Crippen molar-refractivity contribution in [3.05, 3.63) is 47.7 Å². The van der Waals surface area contributed by atoms with Gasteiger partial charge in [0.2, 0.25) is 5.88 Å². The van der Waals surface area contributed by atoms with Gasteiger partial charge in [-0.2, -0.15) is 0 Å². The van der Waals surface area contributed by atoms with Gasteiger partial charge in [-0.15, -0.1) is 0 Å². The third-order valence-electron chi connectivity index (χ3n) is 3.90. The average molecular weight is 346 g/mol. The lowest BCUT2D eigenvalue weighted by atomic mass is 10.1. The van der Waals surface area contributed by atoms with Gasteiger partial charge in [-0.1, -0.05) is 19.1 Å². The summed E-state index contributed by atoms with van der Waals surface area (Å²) in [5.41, 5.74) is 1.52. The van der Waals surface area contributed by atoms with Crippen molar-refractivity contribution in [1.29, 1.82) is 0 Å². The van der Waals surface area contributed by atoms with Crippen molar-refractivity contribution in [2.45, 2.75) is 18.7 Å². The lowest BCUT2D eigenvalue weighted by Crippen LogP contribution is -2.39. The zero-order chi connectivity index (χ0) is 17.3. The van der Waals surface area contributed by atoms with Crippen LogP contribution in [0.25, 0.3) is 0 Å². The Morgan fingerprint density at radius 1 is 1.25 bits per heavy atom. The van der Waals surface area contributed by atoms with Crippen LogP contribution in [0.1, 0.15) is 23.0 Å². The summed E-state index contributed by atoms with van der Waals surface area (Å²) < 4.78 is 30.1. The minimum absolute atomic E-state index is 0.0578. The summed E-state index contributed by atoms with van der Waals surface area (Å²) in [4.78, 5) is 18.9. The van der Waals surface area contributed by atoms with Crippen LogP contribution in [0.2, 0.25) is 0 Å². The minimum Gasteiger partial charge on any atom is -0.474 e. The number of carbonyl (C=O) groups excluding carboxylic acids is 1. The topological polar surface area (TPSA) is 76.6 Å². The SMILES string of the molecule is CCS(=O)(=O)c1ccccc1C(=O)N1CCOc2nc(C)ccc21. The van der Waals surface area contributed by atoms with E-state index in [0.29, 0.717) is 24.7 Å². The molecule has 0 saturated carbocycles. The fourth-order valence-electron chi connectivity index (χ4n) is 2.62. The summed E-state index contributed by atoms with van der Waals surface area (Å²) >= 11 is 0. The van der Waals surface area contributed by atoms with E-state index in [-0.39, 0.29) is 22.1 Å². The van der Waals surface area contributed by atoms with Gasteiger partial charge in [0.05, 0.1) is 22.8 Å². The second-order valence-corrected chi connectivity index (χ2v) is 7.73. The second kappa shape index (κ2) is 6.24. The average Bonchev–Trinajstić information content (AvgIpc) is 2.60. The Kier molecular flexibility index (Phi) is 4.28. The van der Waals surface area contributed by atoms with E-state index in [1.165, 1.54) is 11.0 Å². The number of rotatable bonds is 3. The molecule has 24 heavy (non-hydrogen) atoms. The fraction of sp³-hybridized carbons (Fsp3) is 0.294. The highest BCUT2D eigenvalue weighted by atomic mass is 32.2. The molecule has 3 rings (SSSR count). The van der Waals surface area contributed by atoms with Crippen molar-refractivity contribution in [3.63, 3.8) is 0 Å². The van der Waals surface area contributed by atoms with Crippen molar-refractivity contribution in [2.75, 3.05) is 23.8 Å². The third kappa shape index (κ3) is 2.87. The third-order valence-corrected chi connectivity index (χ3v) is 5.69. The van der Waals surface area contributed by atoms with E-state index < -0.39 is 9.84 Å². The molecule has 1 aromatic heterocycles. The molecule has 0 saturated heterocycles. The van der Waals surface area contributed by atoms with Gasteiger partial charge in [-0.25, -0.2) is 13.4 Å². The molecule has 1 aliphatic heterocycles. The van der Waals surface area contributed by atoms with Crippen LogP contribution in [0.15, 0.2) is 41.3 Å². The first-order chi connectivity index (χ1) is 11.4. The van der Waals surface area contributed by atoms with Gasteiger partial charge in [0.1, 0.15) is 12.3 Å². The van der Waals surface area contributed by atoms with Gasteiger partial charge in [-0.3, -0.25) is 4.79 Å². The number of hydrogen-bond acceptors (Lipinski definition) is 5. The number of aryl methyl sites for hydroxylation is 1. The summed E-state index contributed by atoms with van der Waals surface area (Å²) in [6, 6.07) is 9.87. The van der Waals surface area contributed by atoms with Gasteiger partial charge in [0, 0.05) is 5.69 Å². The first-order valence-corrected chi connectivity index (χ1v) is 9.33. The molecular formula is C17H18N2O4S. The molecule has 1 aliphatic rings. The quantitative estimate of drug-likeness (QED) is 0.852. The highest BCUT2D eigenvalue weighted by molar-refractivity contribution is 7.91. The molecule has 2 heterocycles. The molecule has 126 valence electrons. The Bertz CT molecular complexity index is 893. The molecule has 2 aromatic rings. The predicted molar refractivity (Wildman–Crippen MR) is 90.3 cm³/mol. The molecule has 1 aromatic carbocycles. The molecule has 0 radical (unpaired) electrons. The van der Waals surface area contributed by atoms with Crippen molar-refractivity contribution in [1.82, 2.24) is 4.98 Å². The van der Waals surface area contributed by atoms with Gasteiger partial charge in [0.15, 0.2) is 9.84 Å². The minimum atomic E-state index is -3.49. The molecule has 0 N–H and O–H groups in total. The van der Waals surface area contributed by atoms with Crippen LogP contribution in [-0.4, -0.2) is 38.2 Å². The van der Waals surface area contributed by atoms with Crippen LogP contribution in [0, 0.1) is 6.92 Å². The highest BCUT2D eigenvalue weighted by Gasteiger charge is 2.29. The Hall–Kier alpha value is -2.41. The Balaban J connectivity index is 2.07. The molecular weight excluding hydrogens is 328 g/mol. The maximum absolute atomic E-state index is 13.0. The van der Waals surface area contributed by atoms with E-state index in [0.717, 1.165) is 5.69 Å². The maximum atomic E-state index is 13.0. The number of aromatic nitrogens is 1. The highest BCUT2D eigenvalue weighted by Crippen LogP contribution is 2.31.